The number of fused-ring (bicyclic) bond motifs is 1. The van der Waals surface area contributed by atoms with E-state index in [1.165, 1.54) is 6.07 Å². The summed E-state index contributed by atoms with van der Waals surface area (Å²) in [6.07, 6.45) is 5.51. The first-order chi connectivity index (χ1) is 16.3. The number of amides is 1. The van der Waals surface area contributed by atoms with Crippen LogP contribution in [0.3, 0.4) is 0 Å². The van der Waals surface area contributed by atoms with E-state index < -0.39 is 33.8 Å². The minimum absolute atomic E-state index is 0.138. The van der Waals surface area contributed by atoms with Gasteiger partial charge in [-0.1, -0.05) is 56.8 Å². The summed E-state index contributed by atoms with van der Waals surface area (Å²) in [5.74, 6) is -0.146. The van der Waals surface area contributed by atoms with Crippen molar-refractivity contribution in [3.63, 3.8) is 0 Å². The molecule has 2 aromatic rings. The van der Waals surface area contributed by atoms with Crippen LogP contribution in [0.4, 0.5) is 0 Å². The van der Waals surface area contributed by atoms with Crippen LogP contribution in [0.25, 0.3) is 0 Å². The first-order valence-corrected chi connectivity index (χ1v) is 13.2. The predicted octanol–water partition coefficient (Wildman–Crippen LogP) is 2.40. The average molecular weight is 488 g/mol. The molecule has 0 spiro atoms. The number of aryl methyl sites for hydroxylation is 1. The van der Waals surface area contributed by atoms with Crippen molar-refractivity contribution in [3.05, 3.63) is 41.5 Å². The van der Waals surface area contributed by atoms with E-state index in [1.807, 2.05) is 6.92 Å². The SMILES string of the molecule is CCc1noc(C(=O)[C@H](CC)NC(=O)[C@H](CC2CCCC2)N=C2NS(=O)(=O)c3ccccc32)n1. The fourth-order valence-corrected chi connectivity index (χ4v) is 5.67. The van der Waals surface area contributed by atoms with Crippen LogP contribution in [0.15, 0.2) is 38.7 Å². The molecule has 1 aliphatic heterocycles. The molecule has 1 fully saturated rings. The number of nitrogens with zero attached hydrogens (tertiary/aromatic N) is 3. The molecule has 2 atom stereocenters. The van der Waals surface area contributed by atoms with Crippen LogP contribution in [0.1, 0.15) is 74.4 Å². The maximum absolute atomic E-state index is 13.3. The molecule has 1 saturated carbocycles. The lowest BCUT2D eigenvalue weighted by Crippen LogP contribution is -2.45. The van der Waals surface area contributed by atoms with Crippen LogP contribution in [-0.4, -0.2) is 48.2 Å². The number of benzene rings is 1. The lowest BCUT2D eigenvalue weighted by atomic mass is 9.97. The van der Waals surface area contributed by atoms with E-state index >= 15 is 0 Å². The van der Waals surface area contributed by atoms with Crippen LogP contribution in [0.5, 0.6) is 0 Å². The molecule has 1 aromatic carbocycles. The Kier molecular flexibility index (Phi) is 7.11. The smallest absolute Gasteiger partial charge is 0.296 e. The summed E-state index contributed by atoms with van der Waals surface area (Å²) in [5, 5.41) is 6.54. The molecule has 2 heterocycles. The molecule has 4 rings (SSSR count). The quantitative estimate of drug-likeness (QED) is 0.517. The third kappa shape index (κ3) is 5.03. The van der Waals surface area contributed by atoms with Gasteiger partial charge in [-0.2, -0.15) is 4.98 Å². The summed E-state index contributed by atoms with van der Waals surface area (Å²) in [7, 11) is -3.72. The van der Waals surface area contributed by atoms with Crippen LogP contribution in [0, 0.1) is 5.92 Å². The van der Waals surface area contributed by atoms with Gasteiger partial charge >= 0.3 is 0 Å². The van der Waals surface area contributed by atoms with Crippen LogP contribution in [0.2, 0.25) is 0 Å². The van der Waals surface area contributed by atoms with Gasteiger partial charge in [0.2, 0.25) is 11.7 Å². The highest BCUT2D eigenvalue weighted by Crippen LogP contribution is 2.30. The molecule has 1 aliphatic carbocycles. The number of nitrogens with one attached hydrogen (secondary N) is 2. The van der Waals surface area contributed by atoms with Crippen molar-refractivity contribution in [1.29, 1.82) is 0 Å². The number of carbonyl (C=O) groups excluding carboxylic acids is 2. The van der Waals surface area contributed by atoms with Gasteiger partial charge in [-0.25, -0.2) is 8.42 Å². The molecule has 2 aliphatic rings. The third-order valence-corrected chi connectivity index (χ3v) is 7.72. The molecule has 0 radical (unpaired) electrons. The molecule has 11 heteroatoms. The molecule has 34 heavy (non-hydrogen) atoms. The van der Waals surface area contributed by atoms with Crippen LogP contribution in [-0.2, 0) is 21.2 Å². The van der Waals surface area contributed by atoms with Crippen molar-refractivity contribution >= 4 is 27.5 Å². The van der Waals surface area contributed by atoms with Gasteiger partial charge in [-0.05, 0) is 30.9 Å². The number of aromatic nitrogens is 2. The minimum Gasteiger partial charge on any atom is -0.344 e. The number of Topliss-reactive ketones (excluding diaryl/α,β-unsaturated/α-hetero) is 1. The number of hydrogen-bond acceptors (Lipinski definition) is 8. The molecular weight excluding hydrogens is 458 g/mol. The number of rotatable bonds is 9. The van der Waals surface area contributed by atoms with Crippen LogP contribution >= 0.6 is 0 Å². The number of ketones is 1. The standard InChI is InChI=1S/C23H29N5O5S/c1-3-16(20(29)23-26-19(4-2)27-33-23)25-22(30)17(13-14-9-5-6-10-14)24-21-15-11-7-8-12-18(15)34(31,32)28-21/h7-8,11-12,14,16-17H,3-6,9-10,13H2,1-2H3,(H,24,28)(H,25,30)/t16-,17-/m0/s1. The highest BCUT2D eigenvalue weighted by Gasteiger charge is 2.34. The van der Waals surface area contributed by atoms with Gasteiger partial charge in [-0.15, -0.1) is 0 Å². The summed E-state index contributed by atoms with van der Waals surface area (Å²) < 4.78 is 32.5. The second kappa shape index (κ2) is 10.0. The molecule has 10 nitrogen and oxygen atoms in total. The minimum atomic E-state index is -3.72. The normalized spacial score (nSPS) is 20.0. The Labute approximate surface area is 198 Å². The van der Waals surface area contributed by atoms with Crippen LogP contribution < -0.4 is 10.0 Å². The summed E-state index contributed by atoms with van der Waals surface area (Å²) in [6, 6.07) is 4.84. The maximum Gasteiger partial charge on any atom is 0.296 e. The summed E-state index contributed by atoms with van der Waals surface area (Å²) in [6.45, 7) is 3.62. The summed E-state index contributed by atoms with van der Waals surface area (Å²) in [5.41, 5.74) is 0.438. The number of hydrogen-bond donors (Lipinski definition) is 2. The lowest BCUT2D eigenvalue weighted by molar-refractivity contribution is -0.123. The Hall–Kier alpha value is -3.08. The Bertz CT molecular complexity index is 1200. The first kappa shape index (κ1) is 24.1. The van der Waals surface area contributed by atoms with E-state index in [9.17, 15) is 18.0 Å². The Balaban J connectivity index is 1.58. The zero-order chi connectivity index (χ0) is 24.3. The largest absolute Gasteiger partial charge is 0.344 e. The molecule has 182 valence electrons. The second-order valence-electron chi connectivity index (χ2n) is 8.68. The van der Waals surface area contributed by atoms with E-state index in [-0.39, 0.29) is 16.6 Å². The molecule has 1 aromatic heterocycles. The maximum atomic E-state index is 13.3. The Morgan fingerprint density at radius 3 is 2.65 bits per heavy atom. The molecule has 1 amide bonds. The Morgan fingerprint density at radius 2 is 1.97 bits per heavy atom. The predicted molar refractivity (Wildman–Crippen MR) is 124 cm³/mol. The van der Waals surface area contributed by atoms with Crippen molar-refractivity contribution in [2.45, 2.75) is 75.8 Å². The van der Waals surface area contributed by atoms with E-state index in [0.29, 0.717) is 36.6 Å². The molecular formula is C23H29N5O5S. The zero-order valence-electron chi connectivity index (χ0n) is 19.3. The topological polar surface area (TPSA) is 144 Å². The van der Waals surface area contributed by atoms with Crippen molar-refractivity contribution in [1.82, 2.24) is 20.2 Å². The molecule has 0 unspecified atom stereocenters. The molecule has 0 bridgehead atoms. The lowest BCUT2D eigenvalue weighted by Gasteiger charge is -2.20. The van der Waals surface area contributed by atoms with Gasteiger partial charge in [0.05, 0.1) is 10.9 Å². The van der Waals surface area contributed by atoms with Gasteiger partial charge in [0.15, 0.2) is 5.82 Å². The van der Waals surface area contributed by atoms with Crippen molar-refractivity contribution < 1.29 is 22.5 Å². The number of sulfonamides is 1. The van der Waals surface area contributed by atoms with E-state index in [1.54, 1.807) is 25.1 Å². The monoisotopic (exact) mass is 487 g/mol. The van der Waals surface area contributed by atoms with Gasteiger partial charge in [-0.3, -0.25) is 19.3 Å². The molecule has 0 saturated heterocycles. The van der Waals surface area contributed by atoms with Gasteiger partial charge in [0.1, 0.15) is 11.9 Å². The van der Waals surface area contributed by atoms with Crippen molar-refractivity contribution in [2.75, 3.05) is 0 Å². The third-order valence-electron chi connectivity index (χ3n) is 6.32. The van der Waals surface area contributed by atoms with Crippen molar-refractivity contribution in [3.8, 4) is 0 Å². The fourth-order valence-electron chi connectivity index (χ4n) is 4.43. The van der Waals surface area contributed by atoms with E-state index in [2.05, 4.69) is 25.2 Å². The van der Waals surface area contributed by atoms with Gasteiger partial charge in [0, 0.05) is 12.0 Å². The van der Waals surface area contributed by atoms with Gasteiger partial charge in [0.25, 0.3) is 15.9 Å². The first-order valence-electron chi connectivity index (χ1n) is 11.7. The zero-order valence-corrected chi connectivity index (χ0v) is 20.1. The number of aliphatic imine (C=N–C) groups is 1. The number of carbonyl (C=O) groups is 2. The average Bonchev–Trinajstić information content (AvgIpc) is 3.57. The number of amidine groups is 1. The van der Waals surface area contributed by atoms with Gasteiger partial charge < -0.3 is 9.84 Å². The highest BCUT2D eigenvalue weighted by molar-refractivity contribution is 7.90. The van der Waals surface area contributed by atoms with E-state index in [0.717, 1.165) is 25.7 Å². The summed E-state index contributed by atoms with van der Waals surface area (Å²) in [4.78, 5) is 35.0. The van der Waals surface area contributed by atoms with Crippen molar-refractivity contribution in [2.24, 2.45) is 10.9 Å². The molecule has 2 N–H and O–H groups in total. The fraction of sp³-hybridized carbons (Fsp3) is 0.522. The summed E-state index contributed by atoms with van der Waals surface area (Å²) >= 11 is 0. The highest BCUT2D eigenvalue weighted by atomic mass is 32.2. The van der Waals surface area contributed by atoms with E-state index in [4.69, 9.17) is 4.52 Å². The second-order valence-corrected chi connectivity index (χ2v) is 10.3. The Morgan fingerprint density at radius 1 is 1.24 bits per heavy atom.